The number of rotatable bonds is 6. The van der Waals surface area contributed by atoms with Crippen molar-refractivity contribution in [1.82, 2.24) is 24.5 Å². The monoisotopic (exact) mass is 423 g/mol. The largest absolute Gasteiger partial charge is 0.466 e. The summed E-state index contributed by atoms with van der Waals surface area (Å²) in [6.07, 6.45) is 0. The van der Waals surface area contributed by atoms with Crippen LogP contribution in [0, 0.1) is 0 Å². The quantitative estimate of drug-likeness (QED) is 0.602. The van der Waals surface area contributed by atoms with Gasteiger partial charge in [0.15, 0.2) is 6.61 Å². The standard InChI is InChI=1S/C22H25N5O4/c1-16(2)26-21(28)9-8-18(23-26)19-14-20(24-27(19)17-6-4-3-5-7-17)31-15-22(29)25-10-12-30-13-11-25/h3-9,14,16H,10-13,15H2,1-2H3. The van der Waals surface area contributed by atoms with Gasteiger partial charge in [-0.15, -0.1) is 5.10 Å². The second kappa shape index (κ2) is 9.13. The van der Waals surface area contributed by atoms with E-state index >= 15 is 0 Å². The van der Waals surface area contributed by atoms with Crippen LogP contribution in [-0.4, -0.2) is 63.3 Å². The minimum Gasteiger partial charge on any atom is -0.466 e. The molecule has 3 aromatic rings. The first-order valence-corrected chi connectivity index (χ1v) is 10.3. The van der Waals surface area contributed by atoms with Crippen molar-refractivity contribution in [2.75, 3.05) is 32.9 Å². The van der Waals surface area contributed by atoms with Gasteiger partial charge in [-0.2, -0.15) is 5.10 Å². The van der Waals surface area contributed by atoms with Crippen LogP contribution in [0.25, 0.3) is 17.1 Å². The normalized spacial score (nSPS) is 14.1. The van der Waals surface area contributed by atoms with Crippen molar-refractivity contribution in [3.8, 4) is 23.0 Å². The molecule has 1 amide bonds. The molecular formula is C22H25N5O4. The van der Waals surface area contributed by atoms with Gasteiger partial charge >= 0.3 is 0 Å². The third-order valence-electron chi connectivity index (χ3n) is 4.97. The maximum Gasteiger partial charge on any atom is 0.267 e. The first kappa shape index (κ1) is 20.8. The molecule has 0 unspecified atom stereocenters. The van der Waals surface area contributed by atoms with Crippen LogP contribution in [0.4, 0.5) is 0 Å². The zero-order chi connectivity index (χ0) is 21.8. The average molecular weight is 423 g/mol. The Bertz CT molecular complexity index is 1100. The molecule has 2 aromatic heterocycles. The van der Waals surface area contributed by atoms with Crippen LogP contribution in [0.3, 0.4) is 0 Å². The van der Waals surface area contributed by atoms with Gasteiger partial charge in [0.1, 0.15) is 5.69 Å². The minimum absolute atomic E-state index is 0.0811. The molecule has 31 heavy (non-hydrogen) atoms. The molecule has 162 valence electrons. The number of ether oxygens (including phenoxy) is 2. The van der Waals surface area contributed by atoms with Gasteiger partial charge in [-0.3, -0.25) is 9.59 Å². The lowest BCUT2D eigenvalue weighted by atomic mass is 10.2. The molecule has 1 aromatic carbocycles. The first-order chi connectivity index (χ1) is 15.0. The highest BCUT2D eigenvalue weighted by molar-refractivity contribution is 5.77. The lowest BCUT2D eigenvalue weighted by Gasteiger charge is -2.26. The summed E-state index contributed by atoms with van der Waals surface area (Å²) in [6, 6.07) is 14.4. The molecule has 4 rings (SSSR count). The maximum absolute atomic E-state index is 12.4. The summed E-state index contributed by atoms with van der Waals surface area (Å²) in [7, 11) is 0. The molecule has 9 heteroatoms. The number of hydrogen-bond acceptors (Lipinski definition) is 6. The highest BCUT2D eigenvalue weighted by atomic mass is 16.5. The predicted octanol–water partition coefficient (Wildman–Crippen LogP) is 1.91. The Labute approximate surface area is 179 Å². The van der Waals surface area contributed by atoms with E-state index in [1.54, 1.807) is 21.7 Å². The molecule has 0 bridgehead atoms. The van der Waals surface area contributed by atoms with Crippen molar-refractivity contribution >= 4 is 5.91 Å². The fraction of sp³-hybridized carbons (Fsp3) is 0.364. The summed E-state index contributed by atoms with van der Waals surface area (Å²) < 4.78 is 14.1. The second-order valence-corrected chi connectivity index (χ2v) is 7.49. The van der Waals surface area contributed by atoms with E-state index in [-0.39, 0.29) is 24.1 Å². The third-order valence-corrected chi connectivity index (χ3v) is 4.97. The Hall–Kier alpha value is -3.46. The Kier molecular flexibility index (Phi) is 6.13. The maximum atomic E-state index is 12.4. The summed E-state index contributed by atoms with van der Waals surface area (Å²) >= 11 is 0. The number of amides is 1. The Balaban J connectivity index is 1.64. The predicted molar refractivity (Wildman–Crippen MR) is 114 cm³/mol. The van der Waals surface area contributed by atoms with E-state index in [2.05, 4.69) is 10.2 Å². The molecular weight excluding hydrogens is 398 g/mol. The van der Waals surface area contributed by atoms with Crippen LogP contribution in [0.1, 0.15) is 19.9 Å². The number of para-hydroxylation sites is 1. The van der Waals surface area contributed by atoms with Gasteiger partial charge in [0.05, 0.1) is 30.6 Å². The average Bonchev–Trinajstić information content (AvgIpc) is 3.23. The number of nitrogens with zero attached hydrogens (tertiary/aromatic N) is 5. The third kappa shape index (κ3) is 4.66. The summed E-state index contributed by atoms with van der Waals surface area (Å²) in [5.74, 6) is 0.204. The molecule has 9 nitrogen and oxygen atoms in total. The van der Waals surface area contributed by atoms with Gasteiger partial charge in [-0.05, 0) is 32.0 Å². The number of benzene rings is 1. The van der Waals surface area contributed by atoms with Gasteiger partial charge in [-0.1, -0.05) is 18.2 Å². The van der Waals surface area contributed by atoms with E-state index < -0.39 is 0 Å². The Morgan fingerprint density at radius 3 is 2.55 bits per heavy atom. The number of carbonyl (C=O) groups excluding carboxylic acids is 1. The van der Waals surface area contributed by atoms with E-state index in [9.17, 15) is 9.59 Å². The summed E-state index contributed by atoms with van der Waals surface area (Å²) in [5, 5.41) is 9.05. The van der Waals surface area contributed by atoms with Crippen LogP contribution in [0.5, 0.6) is 5.88 Å². The van der Waals surface area contributed by atoms with Crippen molar-refractivity contribution in [1.29, 1.82) is 0 Å². The van der Waals surface area contributed by atoms with Crippen LogP contribution < -0.4 is 10.3 Å². The van der Waals surface area contributed by atoms with Gasteiger partial charge < -0.3 is 14.4 Å². The Morgan fingerprint density at radius 2 is 1.84 bits per heavy atom. The Morgan fingerprint density at radius 1 is 1.10 bits per heavy atom. The van der Waals surface area contributed by atoms with E-state index in [0.29, 0.717) is 43.6 Å². The number of morpholine rings is 1. The van der Waals surface area contributed by atoms with Gasteiger partial charge in [0.2, 0.25) is 5.88 Å². The molecule has 1 saturated heterocycles. The van der Waals surface area contributed by atoms with Crippen molar-refractivity contribution in [2.45, 2.75) is 19.9 Å². The summed E-state index contributed by atoms with van der Waals surface area (Å²) in [4.78, 5) is 26.3. The van der Waals surface area contributed by atoms with Gasteiger partial charge in [0, 0.05) is 25.2 Å². The van der Waals surface area contributed by atoms with Crippen LogP contribution in [0.2, 0.25) is 0 Å². The molecule has 0 spiro atoms. The molecule has 1 aliphatic heterocycles. The summed E-state index contributed by atoms with van der Waals surface area (Å²) in [6.45, 7) is 5.89. The van der Waals surface area contributed by atoms with Crippen molar-refractivity contribution in [3.05, 3.63) is 58.9 Å². The van der Waals surface area contributed by atoms with Gasteiger partial charge in [-0.25, -0.2) is 9.36 Å². The molecule has 0 saturated carbocycles. The molecule has 0 N–H and O–H groups in total. The number of aromatic nitrogens is 4. The minimum atomic E-state index is -0.169. The molecule has 0 aliphatic carbocycles. The zero-order valence-electron chi connectivity index (χ0n) is 17.6. The van der Waals surface area contributed by atoms with Crippen molar-refractivity contribution in [2.24, 2.45) is 0 Å². The summed E-state index contributed by atoms with van der Waals surface area (Å²) in [5.41, 5.74) is 1.89. The van der Waals surface area contributed by atoms with E-state index in [1.165, 1.54) is 10.7 Å². The molecule has 1 aliphatic rings. The second-order valence-electron chi connectivity index (χ2n) is 7.49. The van der Waals surface area contributed by atoms with E-state index in [1.807, 2.05) is 44.2 Å². The van der Waals surface area contributed by atoms with Crippen molar-refractivity contribution in [3.63, 3.8) is 0 Å². The molecule has 0 atom stereocenters. The van der Waals surface area contributed by atoms with Crippen molar-refractivity contribution < 1.29 is 14.3 Å². The number of hydrogen-bond donors (Lipinski definition) is 0. The fourth-order valence-corrected chi connectivity index (χ4v) is 3.35. The topological polar surface area (TPSA) is 91.5 Å². The fourth-order valence-electron chi connectivity index (χ4n) is 3.35. The first-order valence-electron chi connectivity index (χ1n) is 10.3. The zero-order valence-corrected chi connectivity index (χ0v) is 17.6. The molecule has 0 radical (unpaired) electrons. The highest BCUT2D eigenvalue weighted by Crippen LogP contribution is 2.25. The van der Waals surface area contributed by atoms with Crippen LogP contribution >= 0.6 is 0 Å². The number of carbonyl (C=O) groups is 1. The SMILES string of the molecule is CC(C)n1nc(-c2cc(OCC(=O)N3CCOCC3)nn2-c2ccccc2)ccc1=O. The van der Waals surface area contributed by atoms with Crippen LogP contribution in [0.15, 0.2) is 53.3 Å². The van der Waals surface area contributed by atoms with Crippen LogP contribution in [-0.2, 0) is 9.53 Å². The lowest BCUT2D eigenvalue weighted by molar-refractivity contribution is -0.137. The highest BCUT2D eigenvalue weighted by Gasteiger charge is 2.20. The molecule has 1 fully saturated rings. The van der Waals surface area contributed by atoms with Gasteiger partial charge in [0.25, 0.3) is 11.5 Å². The molecule has 3 heterocycles. The smallest absolute Gasteiger partial charge is 0.267 e. The van der Waals surface area contributed by atoms with E-state index in [0.717, 1.165) is 5.69 Å². The lowest BCUT2D eigenvalue weighted by Crippen LogP contribution is -2.43. The van der Waals surface area contributed by atoms with E-state index in [4.69, 9.17) is 9.47 Å².